The fraction of sp³-hybridized carbons (Fsp3) is 0.640. The van der Waals surface area contributed by atoms with Gasteiger partial charge in [0.1, 0.15) is 11.9 Å². The summed E-state index contributed by atoms with van der Waals surface area (Å²) in [6.45, 7) is 7.99. The van der Waals surface area contributed by atoms with E-state index in [4.69, 9.17) is 0 Å². The van der Waals surface area contributed by atoms with Crippen molar-refractivity contribution in [1.82, 2.24) is 20.2 Å². The van der Waals surface area contributed by atoms with Crippen molar-refractivity contribution in [2.45, 2.75) is 65.6 Å². The lowest BCUT2D eigenvalue weighted by Gasteiger charge is -2.47. The number of hydrogen-bond acceptors (Lipinski definition) is 5. The van der Waals surface area contributed by atoms with Gasteiger partial charge in [-0.3, -0.25) is 24.5 Å². The summed E-state index contributed by atoms with van der Waals surface area (Å²) in [4.78, 5) is 40.5. The average Bonchev–Trinajstić information content (AvgIpc) is 2.76. The van der Waals surface area contributed by atoms with Crippen LogP contribution in [-0.2, 0) is 20.9 Å². The van der Waals surface area contributed by atoms with Crippen molar-refractivity contribution in [3.63, 3.8) is 0 Å². The summed E-state index contributed by atoms with van der Waals surface area (Å²) in [7, 11) is 1.71. The van der Waals surface area contributed by atoms with Crippen LogP contribution in [0.5, 0.6) is 0 Å². The maximum atomic E-state index is 14.0. The zero-order valence-electron chi connectivity index (χ0n) is 21.6. The van der Waals surface area contributed by atoms with Crippen LogP contribution in [0.2, 0.25) is 0 Å². The normalized spacial score (nSPS) is 15.9. The summed E-state index contributed by atoms with van der Waals surface area (Å²) in [5, 5.41) is 12.8. The Kier molecular flexibility index (Phi) is 10.3. The molecule has 2 N–H and O–H groups in total. The molecule has 2 atom stereocenters. The van der Waals surface area contributed by atoms with Crippen molar-refractivity contribution in [3.8, 4) is 0 Å². The van der Waals surface area contributed by atoms with Crippen molar-refractivity contribution in [2.75, 3.05) is 26.7 Å². The number of rotatable bonds is 12. The highest BCUT2D eigenvalue weighted by Crippen LogP contribution is 2.26. The molecule has 0 unspecified atom stereocenters. The van der Waals surface area contributed by atoms with E-state index < -0.39 is 40.7 Å². The van der Waals surface area contributed by atoms with E-state index in [0.717, 1.165) is 18.9 Å². The Balaban J connectivity index is 2.03. The number of nitrogens with one attached hydrogen (secondary N) is 1. The third-order valence-corrected chi connectivity index (χ3v) is 6.51. The number of amides is 3. The summed E-state index contributed by atoms with van der Waals surface area (Å²) in [5.74, 6) is -4.56. The van der Waals surface area contributed by atoms with Gasteiger partial charge in [0.05, 0.1) is 12.5 Å². The molecule has 0 aliphatic carbocycles. The van der Waals surface area contributed by atoms with E-state index in [2.05, 4.69) is 5.32 Å². The maximum Gasteiger partial charge on any atom is 0.245 e. The number of halogens is 3. The zero-order chi connectivity index (χ0) is 27.2. The van der Waals surface area contributed by atoms with Crippen LogP contribution in [0.1, 0.15) is 52.5 Å². The number of nitrogens with zero attached hydrogens (tertiary/aromatic N) is 3. The molecule has 11 heteroatoms. The minimum absolute atomic E-state index is 0.0207. The van der Waals surface area contributed by atoms with Gasteiger partial charge in [-0.25, -0.2) is 18.2 Å². The molecule has 3 amide bonds. The first-order chi connectivity index (χ1) is 16.8. The zero-order valence-corrected chi connectivity index (χ0v) is 21.6. The first-order valence-corrected chi connectivity index (χ1v) is 12.1. The Hall–Kier alpha value is -2.66. The van der Waals surface area contributed by atoms with E-state index >= 15 is 0 Å². The lowest BCUT2D eigenvalue weighted by Crippen LogP contribution is -2.65. The standard InChI is InChI=1S/C25H37F3N4O4/c1-6-7-8-16(12-32(36)15-33)23(34)29-22(25(2,3)4)24(35)31-13-18(14-31)30(5)11-17-9-20(27)21(28)10-19(17)26/h9-10,15-16,18,22,36H,6-8,11-14H2,1-5H3,(H,29,34)/t16-,22-/m1/s1. The molecule has 1 heterocycles. The minimum Gasteiger partial charge on any atom is -0.344 e. The van der Waals surface area contributed by atoms with Crippen LogP contribution >= 0.6 is 0 Å². The van der Waals surface area contributed by atoms with Gasteiger partial charge in [0.2, 0.25) is 18.2 Å². The van der Waals surface area contributed by atoms with Crippen LogP contribution in [-0.4, -0.2) is 77.1 Å². The highest BCUT2D eigenvalue weighted by molar-refractivity contribution is 5.89. The van der Waals surface area contributed by atoms with E-state index in [1.165, 1.54) is 0 Å². The molecule has 1 aliphatic rings. The van der Waals surface area contributed by atoms with E-state index in [9.17, 15) is 32.8 Å². The number of benzene rings is 1. The van der Waals surface area contributed by atoms with Crippen LogP contribution in [0.15, 0.2) is 12.1 Å². The van der Waals surface area contributed by atoms with Crippen molar-refractivity contribution >= 4 is 18.2 Å². The fourth-order valence-electron chi connectivity index (χ4n) is 4.11. The smallest absolute Gasteiger partial charge is 0.245 e. The summed E-state index contributed by atoms with van der Waals surface area (Å²) < 4.78 is 40.7. The lowest BCUT2D eigenvalue weighted by atomic mass is 9.84. The minimum atomic E-state index is -1.25. The monoisotopic (exact) mass is 514 g/mol. The third kappa shape index (κ3) is 7.67. The quantitative estimate of drug-likeness (QED) is 0.194. The first-order valence-electron chi connectivity index (χ1n) is 12.1. The van der Waals surface area contributed by atoms with E-state index in [1.807, 2.05) is 27.7 Å². The van der Waals surface area contributed by atoms with Gasteiger partial charge in [-0.2, -0.15) is 0 Å². The number of carbonyl (C=O) groups excluding carboxylic acids is 3. The number of likely N-dealkylation sites (N-methyl/N-ethyl adjacent to an activating group) is 1. The van der Waals surface area contributed by atoms with Crippen molar-refractivity contribution in [2.24, 2.45) is 11.3 Å². The van der Waals surface area contributed by atoms with Gasteiger partial charge in [-0.1, -0.05) is 40.5 Å². The number of hydrogen-bond donors (Lipinski definition) is 2. The summed E-state index contributed by atoms with van der Waals surface area (Å²) in [6, 6.07) is 0.393. The highest BCUT2D eigenvalue weighted by Gasteiger charge is 2.42. The molecule has 1 aromatic carbocycles. The first kappa shape index (κ1) is 29.6. The Morgan fingerprint density at radius 3 is 2.36 bits per heavy atom. The number of unbranched alkanes of at least 4 members (excludes halogenated alkanes) is 1. The van der Waals surface area contributed by atoms with Gasteiger partial charge < -0.3 is 10.2 Å². The largest absolute Gasteiger partial charge is 0.344 e. The molecule has 1 aromatic rings. The Morgan fingerprint density at radius 2 is 1.81 bits per heavy atom. The van der Waals surface area contributed by atoms with Crippen LogP contribution in [0, 0.1) is 28.8 Å². The molecule has 1 fully saturated rings. The number of hydroxylamine groups is 2. The Morgan fingerprint density at radius 1 is 1.19 bits per heavy atom. The van der Waals surface area contributed by atoms with Crippen molar-refractivity contribution in [1.29, 1.82) is 0 Å². The second-order valence-corrected chi connectivity index (χ2v) is 10.5. The predicted molar refractivity (Wildman–Crippen MR) is 127 cm³/mol. The summed E-state index contributed by atoms with van der Waals surface area (Å²) >= 11 is 0. The Labute approximate surface area is 210 Å². The van der Waals surface area contributed by atoms with Crippen LogP contribution in [0.4, 0.5) is 13.2 Å². The third-order valence-electron chi connectivity index (χ3n) is 6.51. The van der Waals surface area contributed by atoms with Gasteiger partial charge in [0.15, 0.2) is 11.6 Å². The molecule has 0 spiro atoms. The fourth-order valence-corrected chi connectivity index (χ4v) is 4.11. The topological polar surface area (TPSA) is 93.2 Å². The molecular formula is C25H37F3N4O4. The summed E-state index contributed by atoms with van der Waals surface area (Å²) in [6.07, 6.45) is 2.24. The molecule has 36 heavy (non-hydrogen) atoms. The molecule has 202 valence electrons. The molecule has 1 aliphatic heterocycles. The second-order valence-electron chi connectivity index (χ2n) is 10.5. The van der Waals surface area contributed by atoms with Crippen molar-refractivity contribution in [3.05, 3.63) is 35.1 Å². The van der Waals surface area contributed by atoms with Crippen LogP contribution < -0.4 is 5.32 Å². The number of carbonyl (C=O) groups is 3. The van der Waals surface area contributed by atoms with Gasteiger partial charge in [-0.15, -0.1) is 0 Å². The second kappa shape index (κ2) is 12.5. The molecule has 0 saturated carbocycles. The maximum absolute atomic E-state index is 14.0. The lowest BCUT2D eigenvalue weighted by molar-refractivity contribution is -0.156. The van der Waals surface area contributed by atoms with Gasteiger partial charge in [-0.05, 0) is 24.9 Å². The van der Waals surface area contributed by atoms with Crippen LogP contribution in [0.25, 0.3) is 0 Å². The van der Waals surface area contributed by atoms with Crippen molar-refractivity contribution < 1.29 is 32.8 Å². The number of likely N-dealkylation sites (tertiary alicyclic amines) is 1. The predicted octanol–water partition coefficient (Wildman–Crippen LogP) is 2.93. The molecule has 0 radical (unpaired) electrons. The van der Waals surface area contributed by atoms with Gasteiger partial charge in [0.25, 0.3) is 0 Å². The van der Waals surface area contributed by atoms with E-state index in [0.29, 0.717) is 30.6 Å². The highest BCUT2D eigenvalue weighted by atomic mass is 19.2. The Bertz CT molecular complexity index is 935. The van der Waals surface area contributed by atoms with Gasteiger partial charge >= 0.3 is 0 Å². The molecule has 2 rings (SSSR count). The SMILES string of the molecule is CCCC[C@H](CN(O)C=O)C(=O)N[C@H](C(=O)N1CC(N(C)Cc2cc(F)c(F)cc2F)C1)C(C)(C)C. The average molecular weight is 515 g/mol. The molecule has 0 aromatic heterocycles. The molecule has 8 nitrogen and oxygen atoms in total. The van der Waals surface area contributed by atoms with Gasteiger partial charge in [0, 0.05) is 37.3 Å². The van der Waals surface area contributed by atoms with E-state index in [1.54, 1.807) is 16.8 Å². The molecule has 1 saturated heterocycles. The molecular weight excluding hydrogens is 477 g/mol. The van der Waals surface area contributed by atoms with Crippen LogP contribution in [0.3, 0.4) is 0 Å². The summed E-state index contributed by atoms with van der Waals surface area (Å²) in [5.41, 5.74) is -0.593. The molecule has 0 bridgehead atoms. The van der Waals surface area contributed by atoms with E-state index in [-0.39, 0.29) is 37.0 Å².